The van der Waals surface area contributed by atoms with Crippen LogP contribution in [0.1, 0.15) is 33.9 Å². The van der Waals surface area contributed by atoms with Crippen LogP contribution in [0.3, 0.4) is 0 Å². The molecule has 36 heavy (non-hydrogen) atoms. The van der Waals surface area contributed by atoms with Crippen LogP contribution in [0.2, 0.25) is 0 Å². The summed E-state index contributed by atoms with van der Waals surface area (Å²) in [5, 5.41) is 23.8. The number of aliphatic hydroxyl groups is 2. The van der Waals surface area contributed by atoms with Crippen LogP contribution in [0.4, 0.5) is 5.82 Å². The maximum Gasteiger partial charge on any atom is 0.459 e. The molecule has 1 aromatic carbocycles. The molecule has 1 fully saturated rings. The molecule has 2 heterocycles. The number of aromatic nitrogens is 2. The van der Waals surface area contributed by atoms with Crippen molar-refractivity contribution in [1.82, 2.24) is 14.6 Å². The summed E-state index contributed by atoms with van der Waals surface area (Å²) in [7, 11) is -4.26. The Morgan fingerprint density at radius 3 is 2.56 bits per heavy atom. The van der Waals surface area contributed by atoms with Crippen LogP contribution >= 0.6 is 7.75 Å². The van der Waals surface area contributed by atoms with Crippen LogP contribution in [0.25, 0.3) is 0 Å². The Morgan fingerprint density at radius 2 is 1.94 bits per heavy atom. The fraction of sp³-hybridized carbons (Fsp3) is 0.500. The molecule has 14 heteroatoms. The lowest BCUT2D eigenvalue weighted by Crippen LogP contribution is -2.45. The Bertz CT molecular complexity index is 1160. The molecule has 3 rings (SSSR count). The number of ether oxygens (including phenoxy) is 2. The van der Waals surface area contributed by atoms with Gasteiger partial charge in [-0.15, -0.1) is 0 Å². The predicted molar refractivity (Wildman–Crippen MR) is 128 cm³/mol. The first-order valence-corrected chi connectivity index (χ1v) is 12.7. The minimum atomic E-state index is -4.26. The summed E-state index contributed by atoms with van der Waals surface area (Å²) in [6.45, 7) is 5.62. The third-order valence-corrected chi connectivity index (χ3v) is 6.93. The second-order valence-electron chi connectivity index (χ2n) is 8.81. The van der Waals surface area contributed by atoms with Gasteiger partial charge < -0.3 is 29.9 Å². The van der Waals surface area contributed by atoms with Crippen molar-refractivity contribution in [2.45, 2.75) is 63.9 Å². The number of para-hydroxylation sites is 1. The Kier molecular flexibility index (Phi) is 8.55. The molecular formula is C22H31N4O9P. The maximum absolute atomic E-state index is 13.7. The maximum atomic E-state index is 13.7. The van der Waals surface area contributed by atoms with Gasteiger partial charge in [-0.25, -0.2) is 9.36 Å². The SMILES string of the molecule is CC(C)OC(=O)[C@@H](C)NP(=O)(OC[C@@]1(C)O[C@@H](n2ccc(N)nc2=O)[C@H](O)[C@@H]1O)Oc1ccccc1. The van der Waals surface area contributed by atoms with Crippen molar-refractivity contribution < 1.29 is 38.1 Å². The average molecular weight is 526 g/mol. The summed E-state index contributed by atoms with van der Waals surface area (Å²) >= 11 is 0. The highest BCUT2D eigenvalue weighted by Gasteiger charge is 2.53. The van der Waals surface area contributed by atoms with E-state index in [1.165, 1.54) is 38.2 Å². The van der Waals surface area contributed by atoms with Crippen LogP contribution in [0.15, 0.2) is 47.4 Å². The van der Waals surface area contributed by atoms with E-state index in [0.29, 0.717) is 0 Å². The van der Waals surface area contributed by atoms with E-state index < -0.39 is 62.2 Å². The smallest absolute Gasteiger partial charge is 0.459 e. The largest absolute Gasteiger partial charge is 0.462 e. The van der Waals surface area contributed by atoms with Gasteiger partial charge in [0.2, 0.25) is 0 Å². The number of nitrogen functional groups attached to an aromatic ring is 1. The Labute approximate surface area is 207 Å². The number of anilines is 1. The van der Waals surface area contributed by atoms with Crippen LogP contribution < -0.4 is 21.0 Å². The van der Waals surface area contributed by atoms with Gasteiger partial charge in [-0.3, -0.25) is 13.9 Å². The highest BCUT2D eigenvalue weighted by molar-refractivity contribution is 7.52. The molecule has 0 saturated carbocycles. The highest BCUT2D eigenvalue weighted by Crippen LogP contribution is 2.47. The number of carbonyl (C=O) groups is 1. The number of aliphatic hydroxyl groups excluding tert-OH is 2. The van der Waals surface area contributed by atoms with Crippen molar-refractivity contribution in [3.8, 4) is 5.75 Å². The minimum absolute atomic E-state index is 0.0226. The topological polar surface area (TPSA) is 184 Å². The lowest BCUT2D eigenvalue weighted by molar-refractivity contribution is -0.149. The molecule has 1 aliphatic heterocycles. The molecule has 6 atom stereocenters. The number of hydrogen-bond acceptors (Lipinski definition) is 11. The number of nitrogens with zero attached hydrogens (tertiary/aromatic N) is 2. The zero-order valence-electron chi connectivity index (χ0n) is 20.3. The fourth-order valence-corrected chi connectivity index (χ4v) is 5.03. The summed E-state index contributed by atoms with van der Waals surface area (Å²) < 4.78 is 36.7. The van der Waals surface area contributed by atoms with Gasteiger partial charge in [-0.2, -0.15) is 10.1 Å². The van der Waals surface area contributed by atoms with Gasteiger partial charge in [0.05, 0.1) is 12.7 Å². The highest BCUT2D eigenvalue weighted by atomic mass is 31.2. The first kappa shape index (κ1) is 27.8. The third kappa shape index (κ3) is 6.49. The van der Waals surface area contributed by atoms with Crippen molar-refractivity contribution in [1.29, 1.82) is 0 Å². The summed E-state index contributed by atoms with van der Waals surface area (Å²) in [6.07, 6.45) is -3.56. The standard InChI is InChI=1S/C22H31N4O9P/c1-13(2)33-20(29)14(3)25-36(31,35-15-8-6-5-7-9-15)32-12-22(4)18(28)17(27)19(34-22)26-11-10-16(23)24-21(26)30/h5-11,13-14,17-19,27-28H,12H2,1-4H3,(H,25,31)(H2,23,24,30)/t14-,17-,18+,19-,22-,36?/m1/s1. The van der Waals surface area contributed by atoms with Crippen molar-refractivity contribution in [3.05, 3.63) is 53.1 Å². The summed E-state index contributed by atoms with van der Waals surface area (Å²) in [5.41, 5.74) is 3.07. The van der Waals surface area contributed by atoms with Gasteiger partial charge in [0.1, 0.15) is 35.4 Å². The molecule has 2 aromatic rings. The van der Waals surface area contributed by atoms with E-state index in [0.717, 1.165) is 4.57 Å². The molecule has 198 valence electrons. The molecule has 1 aliphatic rings. The predicted octanol–water partition coefficient (Wildman–Crippen LogP) is 0.968. The number of nitrogens with two attached hydrogens (primary N) is 1. The molecule has 1 saturated heterocycles. The van der Waals surface area contributed by atoms with E-state index in [1.54, 1.807) is 32.0 Å². The molecule has 13 nitrogen and oxygen atoms in total. The van der Waals surface area contributed by atoms with Gasteiger partial charge >= 0.3 is 19.4 Å². The van der Waals surface area contributed by atoms with Crippen molar-refractivity contribution in [3.63, 3.8) is 0 Å². The fourth-order valence-electron chi connectivity index (χ4n) is 3.44. The van der Waals surface area contributed by atoms with E-state index in [2.05, 4.69) is 10.1 Å². The number of esters is 1. The van der Waals surface area contributed by atoms with Gasteiger partial charge in [-0.05, 0) is 45.9 Å². The van der Waals surface area contributed by atoms with Crippen LogP contribution in [-0.4, -0.2) is 62.3 Å². The monoisotopic (exact) mass is 526 g/mol. The molecule has 0 bridgehead atoms. The van der Waals surface area contributed by atoms with E-state index in [-0.39, 0.29) is 11.6 Å². The lowest BCUT2D eigenvalue weighted by Gasteiger charge is -2.30. The number of rotatable bonds is 10. The van der Waals surface area contributed by atoms with Gasteiger partial charge in [-0.1, -0.05) is 18.2 Å². The van der Waals surface area contributed by atoms with Crippen molar-refractivity contribution in [2.24, 2.45) is 0 Å². The number of benzene rings is 1. The molecule has 1 unspecified atom stereocenters. The van der Waals surface area contributed by atoms with Crippen molar-refractivity contribution >= 4 is 19.5 Å². The van der Waals surface area contributed by atoms with Crippen LogP contribution in [0.5, 0.6) is 5.75 Å². The van der Waals surface area contributed by atoms with E-state index in [9.17, 15) is 24.4 Å². The normalized spacial score (nSPS) is 26.4. The summed E-state index contributed by atoms with van der Waals surface area (Å²) in [4.78, 5) is 28.1. The van der Waals surface area contributed by atoms with Crippen LogP contribution in [-0.2, 0) is 23.4 Å². The second-order valence-corrected chi connectivity index (χ2v) is 10.5. The molecule has 0 amide bonds. The average Bonchev–Trinajstić information content (AvgIpc) is 3.02. The number of hydrogen-bond donors (Lipinski definition) is 4. The second kappa shape index (κ2) is 11.1. The van der Waals surface area contributed by atoms with E-state index >= 15 is 0 Å². The van der Waals surface area contributed by atoms with Crippen LogP contribution in [0, 0.1) is 0 Å². The minimum Gasteiger partial charge on any atom is -0.462 e. The molecule has 0 spiro atoms. The van der Waals surface area contributed by atoms with E-state index in [1.807, 2.05) is 0 Å². The summed E-state index contributed by atoms with van der Waals surface area (Å²) in [5.74, 6) is -0.515. The lowest BCUT2D eigenvalue weighted by atomic mass is 9.99. The zero-order chi connectivity index (χ0) is 26.7. The molecule has 0 radical (unpaired) electrons. The van der Waals surface area contributed by atoms with Gasteiger partial charge in [0.25, 0.3) is 0 Å². The summed E-state index contributed by atoms with van der Waals surface area (Å²) in [6, 6.07) is 8.37. The molecule has 5 N–H and O–H groups in total. The third-order valence-electron chi connectivity index (χ3n) is 5.30. The first-order chi connectivity index (χ1) is 16.8. The van der Waals surface area contributed by atoms with Crippen molar-refractivity contribution in [2.75, 3.05) is 12.3 Å². The Balaban J connectivity index is 1.81. The zero-order valence-corrected chi connectivity index (χ0v) is 21.2. The molecular weight excluding hydrogens is 495 g/mol. The molecule has 1 aromatic heterocycles. The molecule has 0 aliphatic carbocycles. The van der Waals surface area contributed by atoms with E-state index in [4.69, 9.17) is 24.3 Å². The van der Waals surface area contributed by atoms with Gasteiger partial charge in [0.15, 0.2) is 6.23 Å². The first-order valence-electron chi connectivity index (χ1n) is 11.2. The number of nitrogens with one attached hydrogen (secondary N) is 1. The number of carbonyl (C=O) groups excluding carboxylic acids is 1. The van der Waals surface area contributed by atoms with Gasteiger partial charge in [0, 0.05) is 6.20 Å². The Hall–Kier alpha value is -2.80. The Morgan fingerprint density at radius 1 is 1.28 bits per heavy atom. The quantitative estimate of drug-likeness (QED) is 0.254.